The van der Waals surface area contributed by atoms with E-state index in [4.69, 9.17) is 4.74 Å². The summed E-state index contributed by atoms with van der Waals surface area (Å²) in [6.07, 6.45) is 1.69. The minimum atomic E-state index is -0.288. The quantitative estimate of drug-likeness (QED) is 0.694. The van der Waals surface area contributed by atoms with Crippen molar-refractivity contribution in [3.05, 3.63) is 0 Å². The average molecular weight is 215 g/mol. The third-order valence-electron chi connectivity index (χ3n) is 2.43. The summed E-state index contributed by atoms with van der Waals surface area (Å²) in [4.78, 5) is 13.3. The van der Waals surface area contributed by atoms with Gasteiger partial charge in [-0.15, -0.1) is 0 Å². The highest BCUT2D eigenvalue weighted by Crippen LogP contribution is 2.01. The summed E-state index contributed by atoms with van der Waals surface area (Å²) < 4.78 is 5.04. The second kappa shape index (κ2) is 6.63. The molecule has 1 rings (SSSR count). The van der Waals surface area contributed by atoms with Crippen LogP contribution in [0.3, 0.4) is 0 Å². The molecular weight excluding hydrogens is 194 g/mol. The molecule has 1 aliphatic rings. The van der Waals surface area contributed by atoms with Crippen molar-refractivity contribution < 1.29 is 9.53 Å². The molecule has 88 valence electrons. The number of hydrogen-bond acceptors (Lipinski definition) is 4. The fourth-order valence-electron chi connectivity index (χ4n) is 1.50. The van der Waals surface area contributed by atoms with Crippen molar-refractivity contribution in [2.75, 3.05) is 40.3 Å². The zero-order valence-corrected chi connectivity index (χ0v) is 9.58. The Labute approximate surface area is 91.2 Å². The molecule has 1 aliphatic heterocycles. The van der Waals surface area contributed by atoms with E-state index in [1.54, 1.807) is 0 Å². The molecule has 1 heterocycles. The van der Waals surface area contributed by atoms with Crippen LogP contribution < -0.4 is 10.6 Å². The molecule has 0 spiro atoms. The van der Waals surface area contributed by atoms with Crippen LogP contribution in [0.5, 0.6) is 0 Å². The zero-order valence-electron chi connectivity index (χ0n) is 9.58. The molecule has 0 atom stereocenters. The largest absolute Gasteiger partial charge is 0.448 e. The van der Waals surface area contributed by atoms with Gasteiger partial charge in [0.15, 0.2) is 0 Å². The first-order valence-electron chi connectivity index (χ1n) is 5.47. The van der Waals surface area contributed by atoms with Crippen molar-refractivity contribution in [3.63, 3.8) is 0 Å². The number of carbonyl (C=O) groups excluding carboxylic acids is 1. The highest BCUT2D eigenvalue weighted by molar-refractivity contribution is 5.67. The first-order valence-corrected chi connectivity index (χ1v) is 5.47. The first-order chi connectivity index (χ1) is 7.18. The lowest BCUT2D eigenvalue weighted by atomic mass is 10.1. The predicted octanol–water partition coefficient (Wildman–Crippen LogP) is 0.0262. The molecule has 1 amide bonds. The molecule has 15 heavy (non-hydrogen) atoms. The van der Waals surface area contributed by atoms with Crippen LogP contribution in [-0.4, -0.2) is 57.4 Å². The molecule has 1 fully saturated rings. The third kappa shape index (κ3) is 5.59. The Morgan fingerprint density at radius 1 is 1.47 bits per heavy atom. The van der Waals surface area contributed by atoms with E-state index in [1.165, 1.54) is 0 Å². The fraction of sp³-hybridized carbons (Fsp3) is 0.900. The second-order valence-corrected chi connectivity index (χ2v) is 4.11. The number of ether oxygens (including phenoxy) is 1. The maximum absolute atomic E-state index is 11.3. The maximum Gasteiger partial charge on any atom is 0.407 e. The number of carbonyl (C=O) groups is 1. The van der Waals surface area contributed by atoms with Crippen LogP contribution in [0.4, 0.5) is 4.79 Å². The van der Waals surface area contributed by atoms with Gasteiger partial charge < -0.3 is 20.3 Å². The SMILES string of the molecule is CN(C)CCOC(=O)NC1CCNCC1. The number of piperidine rings is 1. The van der Waals surface area contributed by atoms with E-state index < -0.39 is 0 Å². The molecule has 0 bridgehead atoms. The molecule has 0 aliphatic carbocycles. The smallest absolute Gasteiger partial charge is 0.407 e. The summed E-state index contributed by atoms with van der Waals surface area (Å²) in [5, 5.41) is 6.12. The van der Waals surface area contributed by atoms with Crippen LogP contribution in [0.25, 0.3) is 0 Å². The Balaban J connectivity index is 2.06. The standard InChI is InChI=1S/C10H21N3O2/c1-13(2)7-8-15-10(14)12-9-3-5-11-6-4-9/h9,11H,3-8H2,1-2H3,(H,12,14). The van der Waals surface area contributed by atoms with E-state index in [1.807, 2.05) is 19.0 Å². The van der Waals surface area contributed by atoms with Crippen molar-refractivity contribution in [1.29, 1.82) is 0 Å². The second-order valence-electron chi connectivity index (χ2n) is 4.11. The minimum absolute atomic E-state index is 0.276. The summed E-state index contributed by atoms with van der Waals surface area (Å²) in [5.74, 6) is 0. The first kappa shape index (κ1) is 12.3. The molecule has 0 radical (unpaired) electrons. The van der Waals surface area contributed by atoms with E-state index in [0.717, 1.165) is 32.5 Å². The number of likely N-dealkylation sites (N-methyl/N-ethyl adjacent to an activating group) is 1. The van der Waals surface area contributed by atoms with Gasteiger partial charge in [-0.25, -0.2) is 4.79 Å². The number of amides is 1. The molecule has 0 aromatic heterocycles. The van der Waals surface area contributed by atoms with Gasteiger partial charge in [0.2, 0.25) is 0 Å². The van der Waals surface area contributed by atoms with E-state index in [9.17, 15) is 4.79 Å². The Kier molecular flexibility index (Phi) is 5.42. The van der Waals surface area contributed by atoms with Gasteiger partial charge in [-0.2, -0.15) is 0 Å². The Bertz CT molecular complexity index is 191. The van der Waals surface area contributed by atoms with Crippen LogP contribution in [0, 0.1) is 0 Å². The number of alkyl carbamates (subject to hydrolysis) is 1. The summed E-state index contributed by atoms with van der Waals surface area (Å²) in [5.41, 5.74) is 0. The number of nitrogens with zero attached hydrogens (tertiary/aromatic N) is 1. The Morgan fingerprint density at radius 2 is 2.13 bits per heavy atom. The fourth-order valence-corrected chi connectivity index (χ4v) is 1.50. The monoisotopic (exact) mass is 215 g/mol. The van der Waals surface area contributed by atoms with Crippen LogP contribution in [0.15, 0.2) is 0 Å². The van der Waals surface area contributed by atoms with Gasteiger partial charge in [0.25, 0.3) is 0 Å². The van der Waals surface area contributed by atoms with E-state index in [-0.39, 0.29) is 12.1 Å². The van der Waals surface area contributed by atoms with Crippen LogP contribution >= 0.6 is 0 Å². The molecule has 0 unspecified atom stereocenters. The van der Waals surface area contributed by atoms with Gasteiger partial charge >= 0.3 is 6.09 Å². The van der Waals surface area contributed by atoms with Gasteiger partial charge in [-0.3, -0.25) is 0 Å². The van der Waals surface area contributed by atoms with Crippen LogP contribution in [-0.2, 0) is 4.74 Å². The average Bonchev–Trinajstić information content (AvgIpc) is 2.18. The van der Waals surface area contributed by atoms with Gasteiger partial charge in [-0.05, 0) is 40.0 Å². The van der Waals surface area contributed by atoms with Gasteiger partial charge in [0.05, 0.1) is 0 Å². The summed E-state index contributed by atoms with van der Waals surface area (Å²) in [6, 6.07) is 0.276. The van der Waals surface area contributed by atoms with Crippen molar-refractivity contribution >= 4 is 6.09 Å². The molecule has 5 heteroatoms. The third-order valence-corrected chi connectivity index (χ3v) is 2.43. The Morgan fingerprint density at radius 3 is 2.73 bits per heavy atom. The van der Waals surface area contributed by atoms with Gasteiger partial charge in [-0.1, -0.05) is 0 Å². The molecule has 0 aromatic carbocycles. The van der Waals surface area contributed by atoms with E-state index in [2.05, 4.69) is 10.6 Å². The highest BCUT2D eigenvalue weighted by atomic mass is 16.5. The highest BCUT2D eigenvalue weighted by Gasteiger charge is 2.15. The van der Waals surface area contributed by atoms with Crippen LogP contribution in [0.2, 0.25) is 0 Å². The number of nitrogens with one attached hydrogen (secondary N) is 2. The van der Waals surface area contributed by atoms with E-state index in [0.29, 0.717) is 6.61 Å². The predicted molar refractivity (Wildman–Crippen MR) is 58.9 cm³/mol. The molecule has 0 aromatic rings. The summed E-state index contributed by atoms with van der Waals surface area (Å²) >= 11 is 0. The summed E-state index contributed by atoms with van der Waals surface area (Å²) in [6.45, 7) is 3.16. The summed E-state index contributed by atoms with van der Waals surface area (Å²) in [7, 11) is 3.90. The molecular formula is C10H21N3O2. The number of rotatable bonds is 4. The molecule has 5 nitrogen and oxygen atoms in total. The lowest BCUT2D eigenvalue weighted by Crippen LogP contribution is -2.43. The van der Waals surface area contributed by atoms with Gasteiger partial charge in [0.1, 0.15) is 6.61 Å². The van der Waals surface area contributed by atoms with Gasteiger partial charge in [0, 0.05) is 12.6 Å². The number of hydrogen-bond donors (Lipinski definition) is 2. The molecule has 2 N–H and O–H groups in total. The van der Waals surface area contributed by atoms with Crippen molar-refractivity contribution in [2.45, 2.75) is 18.9 Å². The zero-order chi connectivity index (χ0) is 11.1. The van der Waals surface area contributed by atoms with Crippen LogP contribution in [0.1, 0.15) is 12.8 Å². The topological polar surface area (TPSA) is 53.6 Å². The van der Waals surface area contributed by atoms with Crippen molar-refractivity contribution in [3.8, 4) is 0 Å². The minimum Gasteiger partial charge on any atom is -0.448 e. The van der Waals surface area contributed by atoms with Crippen molar-refractivity contribution in [1.82, 2.24) is 15.5 Å². The van der Waals surface area contributed by atoms with Crippen molar-refractivity contribution in [2.24, 2.45) is 0 Å². The normalized spacial score (nSPS) is 17.8. The lowest BCUT2D eigenvalue weighted by molar-refractivity contribution is 0.131. The maximum atomic E-state index is 11.3. The molecule has 1 saturated heterocycles. The molecule has 0 saturated carbocycles. The Hall–Kier alpha value is -0.810. The van der Waals surface area contributed by atoms with E-state index >= 15 is 0 Å². The lowest BCUT2D eigenvalue weighted by Gasteiger charge is -2.23.